The molecular weight excluding hydrogens is 126 g/mol. The predicted octanol–water partition coefficient (Wildman–Crippen LogP) is 0.383. The largest absolute Gasteiger partial charge is 0.381 e. The number of hydrogen-bond acceptors (Lipinski definition) is 2. The van der Waals surface area contributed by atoms with Gasteiger partial charge in [-0.2, -0.15) is 0 Å². The highest BCUT2D eigenvalue weighted by atomic mass is 16.5. The summed E-state index contributed by atoms with van der Waals surface area (Å²) in [6, 6.07) is 1.63. The van der Waals surface area contributed by atoms with Crippen LogP contribution in [0.15, 0.2) is 0 Å². The molecule has 2 bridgehead atoms. The van der Waals surface area contributed by atoms with Crippen LogP contribution >= 0.6 is 0 Å². The van der Waals surface area contributed by atoms with Gasteiger partial charge in [-0.15, -0.1) is 0 Å². The Kier molecular flexibility index (Phi) is 0.968. The van der Waals surface area contributed by atoms with E-state index in [-0.39, 0.29) is 0 Å². The lowest BCUT2D eigenvalue weighted by molar-refractivity contribution is 0.169. The normalized spacial score (nSPS) is 57.6. The summed E-state index contributed by atoms with van der Waals surface area (Å²) in [6.07, 6.45) is 2.80. The molecule has 0 spiro atoms. The average Bonchev–Trinajstić information content (AvgIpc) is 2.60. The first-order chi connectivity index (χ1) is 4.95. The van der Waals surface area contributed by atoms with Crippen LogP contribution in [0.4, 0.5) is 0 Å². The minimum Gasteiger partial charge on any atom is -0.381 e. The number of nitrogens with one attached hydrogen (secondary N) is 1. The maximum Gasteiger partial charge on any atom is 0.0513 e. The van der Waals surface area contributed by atoms with Crippen molar-refractivity contribution in [3.8, 4) is 0 Å². The fraction of sp³-hybridized carbons (Fsp3) is 1.00. The van der Waals surface area contributed by atoms with E-state index in [1.165, 1.54) is 12.8 Å². The van der Waals surface area contributed by atoms with Crippen molar-refractivity contribution < 1.29 is 4.74 Å². The van der Waals surface area contributed by atoms with Gasteiger partial charge in [0, 0.05) is 23.9 Å². The minimum absolute atomic E-state index is 0.817. The zero-order valence-corrected chi connectivity index (χ0v) is 6.05. The molecular formula is C8H13NO. The van der Waals surface area contributed by atoms with Crippen LogP contribution in [0.1, 0.15) is 12.8 Å². The quantitative estimate of drug-likeness (QED) is 0.524. The number of ether oxygens (including phenoxy) is 1. The van der Waals surface area contributed by atoms with Crippen LogP contribution in [-0.4, -0.2) is 25.3 Å². The van der Waals surface area contributed by atoms with Gasteiger partial charge in [-0.25, -0.2) is 0 Å². The van der Waals surface area contributed by atoms with Gasteiger partial charge in [-0.05, 0) is 12.8 Å². The number of rotatable bonds is 0. The van der Waals surface area contributed by atoms with Gasteiger partial charge >= 0.3 is 0 Å². The van der Waals surface area contributed by atoms with E-state index >= 15 is 0 Å². The molecule has 0 saturated carbocycles. The minimum atomic E-state index is 0.817. The Morgan fingerprint density at radius 3 is 2.20 bits per heavy atom. The van der Waals surface area contributed by atoms with Crippen LogP contribution in [0.25, 0.3) is 0 Å². The predicted molar refractivity (Wildman–Crippen MR) is 37.7 cm³/mol. The Morgan fingerprint density at radius 1 is 1.00 bits per heavy atom. The third kappa shape index (κ3) is 0.523. The number of fused-ring (bicyclic) bond motifs is 5. The van der Waals surface area contributed by atoms with Gasteiger partial charge in [-0.3, -0.25) is 0 Å². The van der Waals surface area contributed by atoms with E-state index in [4.69, 9.17) is 4.74 Å². The van der Waals surface area contributed by atoms with Crippen molar-refractivity contribution in [3.63, 3.8) is 0 Å². The molecule has 1 N–H and O–H groups in total. The molecule has 3 saturated heterocycles. The SMILES string of the molecule is C1OC[C@H]2[C@@H]1[C@@H]1CC[C@H]2N1. The molecule has 2 nitrogen and oxygen atoms in total. The van der Waals surface area contributed by atoms with Crippen LogP contribution < -0.4 is 5.32 Å². The van der Waals surface area contributed by atoms with Crippen LogP contribution in [-0.2, 0) is 4.74 Å². The Bertz CT molecular complexity index is 143. The molecule has 0 aliphatic carbocycles. The second-order valence-corrected chi connectivity index (χ2v) is 3.82. The lowest BCUT2D eigenvalue weighted by Crippen LogP contribution is -2.24. The zero-order chi connectivity index (χ0) is 6.55. The fourth-order valence-corrected chi connectivity index (χ4v) is 2.89. The molecule has 0 aromatic heterocycles. The van der Waals surface area contributed by atoms with Gasteiger partial charge in [-0.1, -0.05) is 0 Å². The molecule has 0 amide bonds. The first-order valence-electron chi connectivity index (χ1n) is 4.29. The molecule has 3 heterocycles. The van der Waals surface area contributed by atoms with Gasteiger partial charge in [0.05, 0.1) is 13.2 Å². The highest BCUT2D eigenvalue weighted by molar-refractivity contribution is 5.04. The van der Waals surface area contributed by atoms with Crippen molar-refractivity contribution >= 4 is 0 Å². The molecule has 4 atom stereocenters. The maximum absolute atomic E-state index is 5.45. The van der Waals surface area contributed by atoms with E-state index in [0.717, 1.165) is 37.1 Å². The summed E-state index contributed by atoms with van der Waals surface area (Å²) in [4.78, 5) is 0. The van der Waals surface area contributed by atoms with E-state index in [1.807, 2.05) is 0 Å². The molecule has 56 valence electrons. The molecule has 3 aliphatic heterocycles. The lowest BCUT2D eigenvalue weighted by atomic mass is 9.82. The van der Waals surface area contributed by atoms with Crippen molar-refractivity contribution in [1.82, 2.24) is 5.32 Å². The van der Waals surface area contributed by atoms with E-state index in [0.29, 0.717) is 0 Å². The molecule has 3 rings (SSSR count). The fourth-order valence-electron chi connectivity index (χ4n) is 2.89. The Morgan fingerprint density at radius 2 is 1.60 bits per heavy atom. The van der Waals surface area contributed by atoms with Crippen molar-refractivity contribution in [3.05, 3.63) is 0 Å². The first kappa shape index (κ1) is 5.56. The van der Waals surface area contributed by atoms with Crippen molar-refractivity contribution in [2.24, 2.45) is 11.8 Å². The van der Waals surface area contributed by atoms with Crippen LogP contribution in [0.2, 0.25) is 0 Å². The molecule has 0 unspecified atom stereocenters. The average molecular weight is 139 g/mol. The highest BCUT2D eigenvalue weighted by Crippen LogP contribution is 2.41. The third-order valence-electron chi connectivity index (χ3n) is 3.42. The Balaban J connectivity index is 1.92. The van der Waals surface area contributed by atoms with E-state index in [2.05, 4.69) is 5.32 Å². The van der Waals surface area contributed by atoms with E-state index < -0.39 is 0 Å². The van der Waals surface area contributed by atoms with Crippen LogP contribution in [0.3, 0.4) is 0 Å². The molecule has 0 aromatic rings. The highest BCUT2D eigenvalue weighted by Gasteiger charge is 2.49. The van der Waals surface area contributed by atoms with Crippen molar-refractivity contribution in [2.45, 2.75) is 24.9 Å². The van der Waals surface area contributed by atoms with Crippen molar-refractivity contribution in [2.75, 3.05) is 13.2 Å². The molecule has 0 aromatic carbocycles. The summed E-state index contributed by atoms with van der Waals surface area (Å²) >= 11 is 0. The maximum atomic E-state index is 5.45. The lowest BCUT2D eigenvalue weighted by Gasteiger charge is -2.19. The number of hydrogen-bond donors (Lipinski definition) is 1. The smallest absolute Gasteiger partial charge is 0.0513 e. The van der Waals surface area contributed by atoms with Gasteiger partial charge < -0.3 is 10.1 Å². The summed E-state index contributed by atoms with van der Waals surface area (Å²) in [7, 11) is 0. The molecule has 2 heteroatoms. The van der Waals surface area contributed by atoms with E-state index in [1.54, 1.807) is 0 Å². The summed E-state index contributed by atoms with van der Waals surface area (Å²) in [5, 5.41) is 3.65. The monoisotopic (exact) mass is 139 g/mol. The van der Waals surface area contributed by atoms with Gasteiger partial charge in [0.1, 0.15) is 0 Å². The van der Waals surface area contributed by atoms with E-state index in [9.17, 15) is 0 Å². The molecule has 10 heavy (non-hydrogen) atoms. The zero-order valence-electron chi connectivity index (χ0n) is 6.05. The van der Waals surface area contributed by atoms with Crippen molar-refractivity contribution in [1.29, 1.82) is 0 Å². The second-order valence-electron chi connectivity index (χ2n) is 3.82. The van der Waals surface area contributed by atoms with Crippen LogP contribution in [0.5, 0.6) is 0 Å². The molecule has 0 radical (unpaired) electrons. The molecule has 3 aliphatic rings. The second kappa shape index (κ2) is 1.74. The summed E-state index contributed by atoms with van der Waals surface area (Å²) < 4.78 is 5.45. The Labute approximate surface area is 60.9 Å². The summed E-state index contributed by atoms with van der Waals surface area (Å²) in [5.41, 5.74) is 0. The van der Waals surface area contributed by atoms with Crippen LogP contribution in [0, 0.1) is 11.8 Å². The van der Waals surface area contributed by atoms with Gasteiger partial charge in [0.15, 0.2) is 0 Å². The third-order valence-corrected chi connectivity index (χ3v) is 3.42. The Hall–Kier alpha value is -0.0800. The van der Waals surface area contributed by atoms with Gasteiger partial charge in [0.2, 0.25) is 0 Å². The van der Waals surface area contributed by atoms with Gasteiger partial charge in [0.25, 0.3) is 0 Å². The standard InChI is InChI=1S/C8H13NO/c1-2-8-6-4-10-3-5(6)7(1)9-8/h5-9H,1-4H2/t5-,6+,7+,8-. The summed E-state index contributed by atoms with van der Waals surface area (Å²) in [6.45, 7) is 2.05. The first-order valence-corrected chi connectivity index (χ1v) is 4.29. The molecule has 3 fully saturated rings. The topological polar surface area (TPSA) is 21.3 Å². The summed E-state index contributed by atoms with van der Waals surface area (Å²) in [5.74, 6) is 1.75.